The quantitative estimate of drug-likeness (QED) is 0.687. The van der Waals surface area contributed by atoms with Gasteiger partial charge >= 0.3 is 0 Å². The summed E-state index contributed by atoms with van der Waals surface area (Å²) >= 11 is 0. The number of rotatable bonds is 6. The van der Waals surface area contributed by atoms with E-state index in [2.05, 4.69) is 24.5 Å². The fraction of sp³-hybridized carbons (Fsp3) is 0.923. The van der Waals surface area contributed by atoms with Crippen LogP contribution in [0.5, 0.6) is 0 Å². The van der Waals surface area contributed by atoms with E-state index in [-0.39, 0.29) is 24.2 Å². The zero-order valence-electron chi connectivity index (χ0n) is 11.4. The molecule has 5 heteroatoms. The molecule has 1 aliphatic heterocycles. The largest absolute Gasteiger partial charge is 0.391 e. The van der Waals surface area contributed by atoms with Gasteiger partial charge in [-0.3, -0.25) is 4.79 Å². The molecule has 0 radical (unpaired) electrons. The highest BCUT2D eigenvalue weighted by Gasteiger charge is 2.22. The fourth-order valence-electron chi connectivity index (χ4n) is 2.43. The second kappa shape index (κ2) is 9.59. The van der Waals surface area contributed by atoms with Crippen LogP contribution >= 0.6 is 12.4 Å². The molecule has 0 aromatic rings. The van der Waals surface area contributed by atoms with Gasteiger partial charge in [0.05, 0.1) is 6.10 Å². The lowest BCUT2D eigenvalue weighted by molar-refractivity contribution is -0.126. The molecule has 1 unspecified atom stereocenters. The highest BCUT2D eigenvalue weighted by atomic mass is 35.5. The molecule has 1 heterocycles. The van der Waals surface area contributed by atoms with Crippen LogP contribution in [0.25, 0.3) is 0 Å². The first-order chi connectivity index (χ1) is 8.19. The Morgan fingerprint density at radius 1 is 1.33 bits per heavy atom. The van der Waals surface area contributed by atoms with Crippen molar-refractivity contribution in [3.8, 4) is 0 Å². The van der Waals surface area contributed by atoms with Crippen LogP contribution in [0.15, 0.2) is 0 Å². The first-order valence-electron chi connectivity index (χ1n) is 6.85. The Bertz CT molecular complexity index is 229. The highest BCUT2D eigenvalue weighted by Crippen LogP contribution is 2.14. The first-order valence-corrected chi connectivity index (χ1v) is 6.85. The van der Waals surface area contributed by atoms with E-state index in [9.17, 15) is 9.90 Å². The zero-order valence-corrected chi connectivity index (χ0v) is 12.3. The van der Waals surface area contributed by atoms with E-state index in [1.807, 2.05) is 0 Å². The third-order valence-corrected chi connectivity index (χ3v) is 3.79. The maximum atomic E-state index is 11.9. The number of carbonyl (C=O) groups excluding carboxylic acids is 1. The number of halogens is 1. The Hall–Kier alpha value is -0.320. The van der Waals surface area contributed by atoms with Crippen LogP contribution in [0.3, 0.4) is 0 Å². The predicted molar refractivity (Wildman–Crippen MR) is 75.9 cm³/mol. The lowest BCUT2D eigenvalue weighted by Crippen LogP contribution is -2.42. The van der Waals surface area contributed by atoms with Gasteiger partial charge < -0.3 is 15.7 Å². The average Bonchev–Trinajstić information content (AvgIpc) is 2.38. The van der Waals surface area contributed by atoms with Gasteiger partial charge in [-0.1, -0.05) is 26.7 Å². The number of aliphatic hydroxyl groups excluding tert-OH is 1. The maximum Gasteiger partial charge on any atom is 0.223 e. The van der Waals surface area contributed by atoms with Crippen molar-refractivity contribution in [2.75, 3.05) is 19.6 Å². The molecular formula is C13H27ClN2O2. The van der Waals surface area contributed by atoms with Crippen LogP contribution < -0.4 is 10.6 Å². The van der Waals surface area contributed by atoms with E-state index in [0.717, 1.165) is 38.8 Å². The zero-order chi connectivity index (χ0) is 12.7. The van der Waals surface area contributed by atoms with Crippen LogP contribution in [0, 0.1) is 11.8 Å². The van der Waals surface area contributed by atoms with E-state index in [4.69, 9.17) is 0 Å². The highest BCUT2D eigenvalue weighted by molar-refractivity contribution is 5.85. The van der Waals surface area contributed by atoms with E-state index < -0.39 is 6.10 Å². The molecule has 0 aromatic carbocycles. The lowest BCUT2D eigenvalue weighted by Gasteiger charge is -2.24. The topological polar surface area (TPSA) is 61.4 Å². The van der Waals surface area contributed by atoms with Crippen molar-refractivity contribution in [1.29, 1.82) is 0 Å². The Morgan fingerprint density at radius 2 is 1.89 bits per heavy atom. The summed E-state index contributed by atoms with van der Waals surface area (Å²) in [6.45, 7) is 6.40. The van der Waals surface area contributed by atoms with Crippen LogP contribution in [0.1, 0.15) is 39.5 Å². The van der Waals surface area contributed by atoms with Gasteiger partial charge in [0, 0.05) is 12.5 Å². The molecule has 4 nitrogen and oxygen atoms in total. The smallest absolute Gasteiger partial charge is 0.223 e. The van der Waals surface area contributed by atoms with E-state index in [1.54, 1.807) is 0 Å². The monoisotopic (exact) mass is 278 g/mol. The van der Waals surface area contributed by atoms with Crippen molar-refractivity contribution >= 4 is 18.3 Å². The van der Waals surface area contributed by atoms with E-state index >= 15 is 0 Å². The summed E-state index contributed by atoms with van der Waals surface area (Å²) in [4.78, 5) is 11.9. The molecule has 0 aromatic heterocycles. The van der Waals surface area contributed by atoms with Crippen molar-refractivity contribution in [2.24, 2.45) is 11.8 Å². The Balaban J connectivity index is 0.00000289. The number of nitrogens with one attached hydrogen (secondary N) is 2. The van der Waals surface area contributed by atoms with Crippen LogP contribution in [-0.4, -0.2) is 36.8 Å². The summed E-state index contributed by atoms with van der Waals surface area (Å²) in [5, 5.41) is 16.1. The summed E-state index contributed by atoms with van der Waals surface area (Å²) in [6.07, 6.45) is 3.33. The van der Waals surface area contributed by atoms with Gasteiger partial charge in [-0.05, 0) is 31.8 Å². The molecule has 1 amide bonds. The molecule has 1 saturated heterocycles. The predicted octanol–water partition coefficient (Wildman–Crippen LogP) is 1.32. The van der Waals surface area contributed by atoms with Gasteiger partial charge in [0.15, 0.2) is 0 Å². The Kier molecular flexibility index (Phi) is 9.42. The standard InChI is InChI=1S/C13H26N2O2.ClH/c1-3-10(4-2)12(16)9-15-13(17)11-5-7-14-8-6-11;/h10-12,14,16H,3-9H2,1-2H3,(H,15,17);1H. The first kappa shape index (κ1) is 17.7. The van der Waals surface area contributed by atoms with Crippen molar-refractivity contribution in [1.82, 2.24) is 10.6 Å². The minimum atomic E-state index is -0.407. The molecule has 1 rings (SSSR count). The van der Waals surface area contributed by atoms with Gasteiger partial charge in [0.1, 0.15) is 0 Å². The van der Waals surface area contributed by atoms with Gasteiger partial charge in [-0.15, -0.1) is 12.4 Å². The van der Waals surface area contributed by atoms with Crippen LogP contribution in [0.2, 0.25) is 0 Å². The number of hydrogen-bond acceptors (Lipinski definition) is 3. The third kappa shape index (κ3) is 5.55. The molecule has 1 atom stereocenters. The molecule has 0 spiro atoms. The summed E-state index contributed by atoms with van der Waals surface area (Å²) in [5.41, 5.74) is 0. The molecule has 1 fully saturated rings. The van der Waals surface area contributed by atoms with Gasteiger partial charge in [-0.2, -0.15) is 0 Å². The second-order valence-corrected chi connectivity index (χ2v) is 4.91. The van der Waals surface area contributed by atoms with E-state index in [0.29, 0.717) is 12.5 Å². The molecule has 0 aliphatic carbocycles. The number of aliphatic hydroxyl groups is 1. The average molecular weight is 279 g/mol. The second-order valence-electron chi connectivity index (χ2n) is 4.91. The molecule has 0 saturated carbocycles. The Labute approximate surface area is 116 Å². The summed E-state index contributed by atoms with van der Waals surface area (Å²) in [6, 6.07) is 0. The maximum absolute atomic E-state index is 11.9. The summed E-state index contributed by atoms with van der Waals surface area (Å²) in [7, 11) is 0. The van der Waals surface area contributed by atoms with Crippen molar-refractivity contribution in [3.63, 3.8) is 0 Å². The summed E-state index contributed by atoms with van der Waals surface area (Å²) < 4.78 is 0. The lowest BCUT2D eigenvalue weighted by atomic mass is 9.95. The van der Waals surface area contributed by atoms with Gasteiger partial charge in [0.2, 0.25) is 5.91 Å². The van der Waals surface area contributed by atoms with Gasteiger partial charge in [-0.25, -0.2) is 0 Å². The molecule has 3 N–H and O–H groups in total. The van der Waals surface area contributed by atoms with Crippen molar-refractivity contribution in [3.05, 3.63) is 0 Å². The summed E-state index contributed by atoms with van der Waals surface area (Å²) in [5.74, 6) is 0.532. The van der Waals surface area contributed by atoms with Crippen LogP contribution in [-0.2, 0) is 4.79 Å². The molecular weight excluding hydrogens is 252 g/mol. The minimum absolute atomic E-state index is 0. The molecule has 1 aliphatic rings. The molecule has 18 heavy (non-hydrogen) atoms. The number of hydrogen-bond donors (Lipinski definition) is 3. The molecule has 108 valence electrons. The SMILES string of the molecule is CCC(CC)C(O)CNC(=O)C1CCNCC1.Cl. The van der Waals surface area contributed by atoms with Gasteiger partial charge in [0.25, 0.3) is 0 Å². The number of piperidine rings is 1. The Morgan fingerprint density at radius 3 is 2.39 bits per heavy atom. The van der Waals surface area contributed by atoms with Crippen molar-refractivity contribution < 1.29 is 9.90 Å². The minimum Gasteiger partial charge on any atom is -0.391 e. The number of carbonyl (C=O) groups is 1. The third-order valence-electron chi connectivity index (χ3n) is 3.79. The fourth-order valence-corrected chi connectivity index (χ4v) is 2.43. The van der Waals surface area contributed by atoms with Crippen molar-refractivity contribution in [2.45, 2.75) is 45.6 Å². The van der Waals surface area contributed by atoms with E-state index in [1.165, 1.54) is 0 Å². The molecule has 0 bridgehead atoms. The normalized spacial score (nSPS) is 18.2. The number of amides is 1. The van der Waals surface area contributed by atoms with Crippen LogP contribution in [0.4, 0.5) is 0 Å².